The molecule has 2 saturated heterocycles. The largest absolute Gasteiger partial charge is 0.476 e. The quantitative estimate of drug-likeness (QED) is 0.524. The van der Waals surface area contributed by atoms with E-state index < -0.39 is 5.60 Å². The SMILES string of the molecule is CC(C)(Oc1ccc(Cl)cc1Cl)C(=O)NC1CC2CCC(C1)N2c1ccc(-c2nn[nH]n2)cn1. The molecule has 1 aromatic carbocycles. The van der Waals surface area contributed by atoms with E-state index in [1.54, 1.807) is 38.2 Å². The van der Waals surface area contributed by atoms with Crippen molar-refractivity contribution in [2.45, 2.75) is 63.3 Å². The Bertz CT molecular complexity index is 1160. The summed E-state index contributed by atoms with van der Waals surface area (Å²) in [5.74, 6) is 1.72. The van der Waals surface area contributed by atoms with Crippen molar-refractivity contribution in [2.75, 3.05) is 4.90 Å². The van der Waals surface area contributed by atoms with Gasteiger partial charge in [0.15, 0.2) is 5.60 Å². The number of ether oxygens (including phenoxy) is 1. The van der Waals surface area contributed by atoms with Crippen molar-refractivity contribution in [3.8, 4) is 17.1 Å². The van der Waals surface area contributed by atoms with E-state index in [2.05, 4.69) is 35.8 Å². The van der Waals surface area contributed by atoms with E-state index >= 15 is 0 Å². The fraction of sp³-hybridized carbons (Fsp3) is 0.435. The summed E-state index contributed by atoms with van der Waals surface area (Å²) < 4.78 is 5.95. The second-order valence-electron chi connectivity index (χ2n) is 9.26. The first-order valence-corrected chi connectivity index (χ1v) is 12.0. The van der Waals surface area contributed by atoms with Gasteiger partial charge in [-0.3, -0.25) is 4.79 Å². The highest BCUT2D eigenvalue weighted by atomic mass is 35.5. The molecule has 11 heteroatoms. The van der Waals surface area contributed by atoms with Gasteiger partial charge in [-0.2, -0.15) is 5.21 Å². The van der Waals surface area contributed by atoms with Crippen molar-refractivity contribution in [1.82, 2.24) is 30.9 Å². The number of carbonyl (C=O) groups is 1. The summed E-state index contributed by atoms with van der Waals surface area (Å²) in [7, 11) is 0. The number of aromatic nitrogens is 5. The van der Waals surface area contributed by atoms with Crippen LogP contribution in [0.15, 0.2) is 36.5 Å². The van der Waals surface area contributed by atoms with Crippen molar-refractivity contribution < 1.29 is 9.53 Å². The molecule has 0 saturated carbocycles. The van der Waals surface area contributed by atoms with Gasteiger partial charge < -0.3 is 15.0 Å². The van der Waals surface area contributed by atoms with Crippen LogP contribution in [0, 0.1) is 0 Å². The first kappa shape index (κ1) is 22.9. The number of aromatic amines is 1. The van der Waals surface area contributed by atoms with Gasteiger partial charge in [-0.15, -0.1) is 10.2 Å². The Kier molecular flexibility index (Phi) is 6.07. The second-order valence-corrected chi connectivity index (χ2v) is 10.1. The Labute approximate surface area is 207 Å². The first-order valence-electron chi connectivity index (χ1n) is 11.2. The molecule has 2 aliphatic heterocycles. The minimum Gasteiger partial charge on any atom is -0.476 e. The molecule has 178 valence electrons. The van der Waals surface area contributed by atoms with Gasteiger partial charge in [0.25, 0.3) is 5.91 Å². The molecule has 2 atom stereocenters. The number of amides is 1. The molecule has 2 aliphatic rings. The molecule has 3 aromatic rings. The Morgan fingerprint density at radius 2 is 1.94 bits per heavy atom. The molecule has 1 amide bonds. The third-order valence-electron chi connectivity index (χ3n) is 6.49. The molecule has 2 fully saturated rings. The Morgan fingerprint density at radius 3 is 2.56 bits per heavy atom. The number of nitrogens with zero attached hydrogens (tertiary/aromatic N) is 5. The summed E-state index contributed by atoms with van der Waals surface area (Å²) in [6.45, 7) is 3.48. The molecule has 34 heavy (non-hydrogen) atoms. The van der Waals surface area contributed by atoms with Gasteiger partial charge in [-0.25, -0.2) is 4.98 Å². The van der Waals surface area contributed by atoms with E-state index in [4.69, 9.17) is 27.9 Å². The van der Waals surface area contributed by atoms with Crippen LogP contribution in [0.25, 0.3) is 11.4 Å². The average Bonchev–Trinajstić information content (AvgIpc) is 3.43. The zero-order chi connectivity index (χ0) is 23.9. The maximum absolute atomic E-state index is 13.1. The Balaban J connectivity index is 1.23. The average molecular weight is 502 g/mol. The van der Waals surface area contributed by atoms with Crippen LogP contribution in [-0.4, -0.2) is 55.2 Å². The Hall–Kier alpha value is -2.91. The van der Waals surface area contributed by atoms with Crippen LogP contribution < -0.4 is 15.0 Å². The summed E-state index contributed by atoms with van der Waals surface area (Å²) in [4.78, 5) is 20.1. The number of pyridine rings is 1. The lowest BCUT2D eigenvalue weighted by Gasteiger charge is -2.40. The summed E-state index contributed by atoms with van der Waals surface area (Å²) in [5.41, 5.74) is -0.268. The summed E-state index contributed by atoms with van der Waals surface area (Å²) >= 11 is 12.2. The molecule has 2 bridgehead atoms. The number of hydrogen-bond acceptors (Lipinski definition) is 7. The van der Waals surface area contributed by atoms with Crippen molar-refractivity contribution in [1.29, 1.82) is 0 Å². The molecule has 2 N–H and O–H groups in total. The highest BCUT2D eigenvalue weighted by Gasteiger charge is 2.43. The van der Waals surface area contributed by atoms with Crippen molar-refractivity contribution >= 4 is 34.9 Å². The van der Waals surface area contributed by atoms with Crippen molar-refractivity contribution in [3.05, 3.63) is 46.6 Å². The molecule has 0 radical (unpaired) electrons. The molecular formula is C23H25Cl2N7O2. The van der Waals surface area contributed by atoms with Crippen LogP contribution in [0.1, 0.15) is 39.5 Å². The lowest BCUT2D eigenvalue weighted by Crippen LogP contribution is -2.55. The van der Waals surface area contributed by atoms with E-state index in [1.807, 2.05) is 12.1 Å². The van der Waals surface area contributed by atoms with Crippen LogP contribution >= 0.6 is 23.2 Å². The van der Waals surface area contributed by atoms with Crippen LogP contribution in [0.2, 0.25) is 10.0 Å². The number of fused-ring (bicyclic) bond motifs is 2. The molecule has 2 unspecified atom stereocenters. The second kappa shape index (κ2) is 9.03. The highest BCUT2D eigenvalue weighted by Crippen LogP contribution is 2.39. The van der Waals surface area contributed by atoms with Gasteiger partial charge in [-0.05, 0) is 75.1 Å². The number of nitrogens with one attached hydrogen (secondary N) is 2. The fourth-order valence-corrected chi connectivity index (χ4v) is 5.31. The Morgan fingerprint density at radius 1 is 1.18 bits per heavy atom. The third kappa shape index (κ3) is 4.54. The number of piperidine rings is 1. The molecule has 2 aromatic heterocycles. The zero-order valence-electron chi connectivity index (χ0n) is 18.8. The topological polar surface area (TPSA) is 109 Å². The molecular weight excluding hydrogens is 477 g/mol. The van der Waals surface area contributed by atoms with E-state index in [1.165, 1.54) is 0 Å². The lowest BCUT2D eigenvalue weighted by molar-refractivity contribution is -0.135. The molecule has 0 spiro atoms. The van der Waals surface area contributed by atoms with E-state index in [-0.39, 0.29) is 11.9 Å². The minimum absolute atomic E-state index is 0.0726. The maximum Gasteiger partial charge on any atom is 0.263 e. The number of rotatable bonds is 6. The third-order valence-corrected chi connectivity index (χ3v) is 7.02. The zero-order valence-corrected chi connectivity index (χ0v) is 20.3. The molecule has 4 heterocycles. The number of tetrazole rings is 1. The summed E-state index contributed by atoms with van der Waals surface area (Å²) in [6.07, 6.45) is 5.63. The number of anilines is 1. The van der Waals surface area contributed by atoms with E-state index in [9.17, 15) is 4.79 Å². The van der Waals surface area contributed by atoms with Gasteiger partial charge in [0.1, 0.15) is 11.6 Å². The molecule has 9 nitrogen and oxygen atoms in total. The summed E-state index contributed by atoms with van der Waals surface area (Å²) in [5, 5.41) is 18.1. The van der Waals surface area contributed by atoms with Gasteiger partial charge in [0, 0.05) is 34.9 Å². The van der Waals surface area contributed by atoms with Crippen LogP contribution in [-0.2, 0) is 4.79 Å². The number of halogens is 2. The first-order chi connectivity index (χ1) is 16.3. The summed E-state index contributed by atoms with van der Waals surface area (Å²) in [6, 6.07) is 9.64. The monoisotopic (exact) mass is 501 g/mol. The van der Waals surface area contributed by atoms with Gasteiger partial charge in [0.2, 0.25) is 5.82 Å². The molecule has 0 aliphatic carbocycles. The van der Waals surface area contributed by atoms with E-state index in [0.717, 1.165) is 37.1 Å². The number of carbonyl (C=O) groups excluding carboxylic acids is 1. The van der Waals surface area contributed by atoms with Crippen molar-refractivity contribution in [3.63, 3.8) is 0 Å². The number of H-pyrrole nitrogens is 1. The van der Waals surface area contributed by atoms with Gasteiger partial charge in [-0.1, -0.05) is 23.2 Å². The predicted octanol–water partition coefficient (Wildman–Crippen LogP) is 4.04. The smallest absolute Gasteiger partial charge is 0.263 e. The van der Waals surface area contributed by atoms with Crippen LogP contribution in [0.5, 0.6) is 5.75 Å². The van der Waals surface area contributed by atoms with Crippen LogP contribution in [0.3, 0.4) is 0 Å². The number of hydrogen-bond donors (Lipinski definition) is 2. The van der Waals surface area contributed by atoms with Crippen LogP contribution in [0.4, 0.5) is 5.82 Å². The highest BCUT2D eigenvalue weighted by molar-refractivity contribution is 6.35. The predicted molar refractivity (Wildman–Crippen MR) is 129 cm³/mol. The number of benzene rings is 1. The lowest BCUT2D eigenvalue weighted by atomic mass is 9.96. The minimum atomic E-state index is -1.08. The van der Waals surface area contributed by atoms with Gasteiger partial charge in [0.05, 0.1) is 5.02 Å². The molecule has 5 rings (SSSR count). The van der Waals surface area contributed by atoms with Gasteiger partial charge >= 0.3 is 0 Å². The fourth-order valence-electron chi connectivity index (χ4n) is 4.86. The normalized spacial score (nSPS) is 22.0. The van der Waals surface area contributed by atoms with Crippen molar-refractivity contribution in [2.24, 2.45) is 0 Å². The maximum atomic E-state index is 13.1. The standard InChI is InChI=1S/C23H25Cl2N7O2/c1-23(2,34-19-7-4-14(24)9-18(19)25)22(33)27-15-10-16-5-6-17(11-15)32(16)20-8-3-13(12-26-20)21-28-30-31-29-21/h3-4,7-9,12,15-17H,5-6,10-11H2,1-2H3,(H,27,33)(H,28,29,30,31). The van der Waals surface area contributed by atoms with E-state index in [0.29, 0.717) is 33.7 Å².